The minimum atomic E-state index is -0.800. The highest BCUT2D eigenvalue weighted by atomic mass is 16.5. The third-order valence-corrected chi connectivity index (χ3v) is 11.7. The number of aliphatic hydroxyl groups is 2. The Morgan fingerprint density at radius 3 is 1.28 bits per heavy atom. The van der Waals surface area contributed by atoms with E-state index in [1.54, 1.807) is 0 Å². The number of hydrogen-bond donors (Lipinski definition) is 3. The molecule has 0 saturated carbocycles. The fourth-order valence-electron chi connectivity index (χ4n) is 7.81. The first-order valence-corrected chi connectivity index (χ1v) is 26.1. The van der Waals surface area contributed by atoms with Crippen LogP contribution in [0.5, 0.6) is 0 Å². The number of amides is 1. The second-order valence-electron chi connectivity index (χ2n) is 17.7. The number of rotatable bonds is 46. The van der Waals surface area contributed by atoms with Crippen molar-refractivity contribution in [3.63, 3.8) is 0 Å². The van der Waals surface area contributed by atoms with Crippen LogP contribution in [-0.4, -0.2) is 46.9 Å². The van der Waals surface area contributed by atoms with Crippen molar-refractivity contribution in [3.8, 4) is 0 Å². The third-order valence-electron chi connectivity index (χ3n) is 11.7. The molecule has 0 bridgehead atoms. The SMILES string of the molecule is CC/C=C/C=C/C=C\C=C/C=C/CCCC(=O)OC(CCCCCCCCCCCCCC)CC(=O)NC(CO)C(O)CCCCCCCCCCCCCCCCCCC. The zero-order chi connectivity index (χ0) is 44.5. The van der Waals surface area contributed by atoms with Crippen molar-refractivity contribution >= 4 is 11.9 Å². The summed E-state index contributed by atoms with van der Waals surface area (Å²) in [4.78, 5) is 26.1. The molecule has 0 radical (unpaired) electrons. The van der Waals surface area contributed by atoms with E-state index in [4.69, 9.17) is 4.74 Å². The highest BCUT2D eigenvalue weighted by molar-refractivity contribution is 5.77. The van der Waals surface area contributed by atoms with Crippen molar-refractivity contribution in [2.45, 2.75) is 270 Å². The maximum atomic E-state index is 13.2. The molecule has 0 aromatic rings. The predicted octanol–water partition coefficient (Wildman–Crippen LogP) is 15.6. The van der Waals surface area contributed by atoms with Crippen molar-refractivity contribution in [2.75, 3.05) is 6.61 Å². The van der Waals surface area contributed by atoms with Gasteiger partial charge in [0, 0.05) is 6.42 Å². The first kappa shape index (κ1) is 58.6. The lowest BCUT2D eigenvalue weighted by molar-refractivity contribution is -0.151. The van der Waals surface area contributed by atoms with Crippen LogP contribution >= 0.6 is 0 Å². The van der Waals surface area contributed by atoms with Gasteiger partial charge in [0.1, 0.15) is 6.10 Å². The normalized spacial score (nSPS) is 13.7. The summed E-state index contributed by atoms with van der Waals surface area (Å²) < 4.78 is 5.89. The number of allylic oxidation sites excluding steroid dienone is 10. The molecule has 6 heteroatoms. The van der Waals surface area contributed by atoms with Gasteiger partial charge in [-0.2, -0.15) is 0 Å². The van der Waals surface area contributed by atoms with Crippen LogP contribution in [0, 0.1) is 0 Å². The van der Waals surface area contributed by atoms with Crippen LogP contribution < -0.4 is 5.32 Å². The average molecular weight is 854 g/mol. The number of esters is 1. The smallest absolute Gasteiger partial charge is 0.306 e. The van der Waals surface area contributed by atoms with Crippen LogP contribution in [0.1, 0.15) is 252 Å². The van der Waals surface area contributed by atoms with Crippen LogP contribution in [0.15, 0.2) is 60.8 Å². The van der Waals surface area contributed by atoms with Gasteiger partial charge in [-0.3, -0.25) is 9.59 Å². The van der Waals surface area contributed by atoms with Crippen molar-refractivity contribution < 1.29 is 24.5 Å². The molecule has 0 aliphatic heterocycles. The van der Waals surface area contributed by atoms with Crippen LogP contribution in [0.25, 0.3) is 0 Å². The topological polar surface area (TPSA) is 95.9 Å². The fraction of sp³-hybridized carbons (Fsp3) is 0.782. The molecular weight excluding hydrogens is 755 g/mol. The molecule has 0 fully saturated rings. The van der Waals surface area contributed by atoms with Gasteiger partial charge < -0.3 is 20.3 Å². The Balaban J connectivity index is 4.57. The molecule has 3 N–H and O–H groups in total. The van der Waals surface area contributed by atoms with E-state index < -0.39 is 18.2 Å². The summed E-state index contributed by atoms with van der Waals surface area (Å²) in [7, 11) is 0. The monoisotopic (exact) mass is 854 g/mol. The van der Waals surface area contributed by atoms with E-state index in [-0.39, 0.29) is 24.9 Å². The molecule has 61 heavy (non-hydrogen) atoms. The Morgan fingerprint density at radius 2 is 0.869 bits per heavy atom. The van der Waals surface area contributed by atoms with Crippen LogP contribution in [0.2, 0.25) is 0 Å². The largest absolute Gasteiger partial charge is 0.462 e. The lowest BCUT2D eigenvalue weighted by atomic mass is 10.0. The van der Waals surface area contributed by atoms with Crippen LogP contribution in [0.4, 0.5) is 0 Å². The van der Waals surface area contributed by atoms with Crippen molar-refractivity contribution in [1.29, 1.82) is 0 Å². The minimum Gasteiger partial charge on any atom is -0.462 e. The maximum absolute atomic E-state index is 13.2. The van der Waals surface area contributed by atoms with Crippen LogP contribution in [0.3, 0.4) is 0 Å². The van der Waals surface area contributed by atoms with Gasteiger partial charge in [-0.25, -0.2) is 0 Å². The first-order chi connectivity index (χ1) is 30.0. The Bertz CT molecular complexity index is 1090. The molecule has 354 valence electrons. The zero-order valence-corrected chi connectivity index (χ0v) is 40.3. The molecule has 0 spiro atoms. The van der Waals surface area contributed by atoms with Gasteiger partial charge in [0.2, 0.25) is 5.91 Å². The molecule has 3 unspecified atom stereocenters. The Kier molecular flexibility index (Phi) is 46.6. The molecule has 3 atom stereocenters. The second kappa shape index (κ2) is 48.6. The highest BCUT2D eigenvalue weighted by Crippen LogP contribution is 2.18. The van der Waals surface area contributed by atoms with Gasteiger partial charge in [0.15, 0.2) is 0 Å². The fourth-order valence-corrected chi connectivity index (χ4v) is 7.81. The van der Waals surface area contributed by atoms with Gasteiger partial charge in [0.05, 0.1) is 25.2 Å². The molecule has 0 rings (SSSR count). The third kappa shape index (κ3) is 44.0. The summed E-state index contributed by atoms with van der Waals surface area (Å²) in [6.45, 7) is 6.33. The Labute approximate surface area is 378 Å². The number of hydrogen-bond acceptors (Lipinski definition) is 5. The van der Waals surface area contributed by atoms with Crippen molar-refractivity contribution in [3.05, 3.63) is 60.8 Å². The number of nitrogens with one attached hydrogen (secondary N) is 1. The summed E-state index contributed by atoms with van der Waals surface area (Å²) in [6.07, 6.45) is 60.0. The number of carbonyl (C=O) groups excluding carboxylic acids is 2. The van der Waals surface area contributed by atoms with Crippen LogP contribution in [-0.2, 0) is 14.3 Å². The minimum absolute atomic E-state index is 0.0500. The molecule has 6 nitrogen and oxygen atoms in total. The highest BCUT2D eigenvalue weighted by Gasteiger charge is 2.24. The van der Waals surface area contributed by atoms with Gasteiger partial charge in [-0.1, -0.05) is 261 Å². The average Bonchev–Trinajstić information content (AvgIpc) is 3.25. The lowest BCUT2D eigenvalue weighted by Crippen LogP contribution is -2.46. The van der Waals surface area contributed by atoms with E-state index in [1.807, 2.05) is 48.6 Å². The quantitative estimate of drug-likeness (QED) is 0.0322. The summed E-state index contributed by atoms with van der Waals surface area (Å²) in [5, 5.41) is 23.8. The Morgan fingerprint density at radius 1 is 0.492 bits per heavy atom. The van der Waals surface area contributed by atoms with Gasteiger partial charge >= 0.3 is 5.97 Å². The van der Waals surface area contributed by atoms with Gasteiger partial charge in [-0.15, -0.1) is 0 Å². The molecule has 0 heterocycles. The van der Waals surface area contributed by atoms with E-state index in [2.05, 4.69) is 38.2 Å². The number of carbonyl (C=O) groups is 2. The van der Waals surface area contributed by atoms with Crippen molar-refractivity contribution in [1.82, 2.24) is 5.32 Å². The summed E-state index contributed by atoms with van der Waals surface area (Å²) >= 11 is 0. The van der Waals surface area contributed by atoms with E-state index in [1.165, 1.54) is 148 Å². The van der Waals surface area contributed by atoms with Gasteiger partial charge in [-0.05, 0) is 38.5 Å². The molecule has 1 amide bonds. The summed E-state index contributed by atoms with van der Waals surface area (Å²) in [5.41, 5.74) is 0. The number of ether oxygens (including phenoxy) is 1. The van der Waals surface area contributed by atoms with E-state index >= 15 is 0 Å². The van der Waals surface area contributed by atoms with Gasteiger partial charge in [0.25, 0.3) is 0 Å². The summed E-state index contributed by atoms with van der Waals surface area (Å²) in [6, 6.07) is -0.715. The summed E-state index contributed by atoms with van der Waals surface area (Å²) in [5.74, 6) is -0.556. The molecular formula is C55H99NO5. The zero-order valence-electron chi connectivity index (χ0n) is 40.3. The number of aliphatic hydroxyl groups excluding tert-OH is 2. The molecule has 0 aromatic heterocycles. The lowest BCUT2D eigenvalue weighted by Gasteiger charge is -2.24. The molecule has 0 saturated heterocycles. The standard InChI is InChI=1S/C55H99NO5/c1-4-7-10-13-16-19-22-25-26-27-28-30-32-35-38-41-44-47-53(58)52(50-57)56-54(59)49-51(46-43-40-37-34-31-24-21-18-15-12-9-6-3)61-55(60)48-45-42-39-36-33-29-23-20-17-14-11-8-5-2/h8,11,14,17,20,23,29,33,36,39,51-53,57-58H,4-7,9-10,12-13,15-16,18-19,21-22,24-28,30-32,34-35,37-38,40-50H2,1-3H3,(H,56,59)/b11-8+,17-14+,23-20-,33-29-,39-36+. The molecule has 0 aliphatic rings. The first-order valence-electron chi connectivity index (χ1n) is 26.1. The van der Waals surface area contributed by atoms with E-state index in [0.717, 1.165) is 51.4 Å². The number of unbranched alkanes of at least 4 members (excludes halogenated alkanes) is 28. The van der Waals surface area contributed by atoms with E-state index in [0.29, 0.717) is 25.7 Å². The molecule has 0 aromatic carbocycles. The maximum Gasteiger partial charge on any atom is 0.306 e. The molecule has 0 aliphatic carbocycles. The second-order valence-corrected chi connectivity index (χ2v) is 17.7. The van der Waals surface area contributed by atoms with Crippen molar-refractivity contribution in [2.24, 2.45) is 0 Å². The van der Waals surface area contributed by atoms with E-state index in [9.17, 15) is 19.8 Å². The Hall–Kier alpha value is -2.44. The predicted molar refractivity (Wildman–Crippen MR) is 264 cm³/mol.